The Kier molecular flexibility index (Phi) is 6.28. The van der Waals surface area contributed by atoms with Crippen molar-refractivity contribution in [2.75, 3.05) is 18.5 Å². The maximum absolute atomic E-state index is 5.59. The average Bonchev–Trinajstić information content (AvgIpc) is 2.60. The number of rotatable bonds is 5. The third kappa shape index (κ3) is 5.60. The van der Waals surface area contributed by atoms with Crippen LogP contribution >= 0.6 is 0 Å². The number of ether oxygens (including phenoxy) is 1. The van der Waals surface area contributed by atoms with Gasteiger partial charge in [-0.05, 0) is 57.0 Å². The molecule has 1 aliphatic rings. The van der Waals surface area contributed by atoms with Gasteiger partial charge in [-0.2, -0.15) is 0 Å². The minimum Gasteiger partial charge on any atom is -0.494 e. The quantitative estimate of drug-likeness (QED) is 0.870. The SMILES string of the molecule is CCCOc1ccc(NC2=CCCCN[C@H](C)N=C2)cc1. The summed E-state index contributed by atoms with van der Waals surface area (Å²) in [5.41, 5.74) is 2.10. The summed E-state index contributed by atoms with van der Waals surface area (Å²) in [7, 11) is 0. The minimum absolute atomic E-state index is 0.165. The highest BCUT2D eigenvalue weighted by molar-refractivity contribution is 5.83. The van der Waals surface area contributed by atoms with E-state index in [0.29, 0.717) is 0 Å². The van der Waals surface area contributed by atoms with Gasteiger partial charge >= 0.3 is 0 Å². The second-order valence-electron chi connectivity index (χ2n) is 5.21. The molecule has 0 fully saturated rings. The van der Waals surface area contributed by atoms with Crippen LogP contribution in [0.2, 0.25) is 0 Å². The Morgan fingerprint density at radius 2 is 2.14 bits per heavy atom. The second kappa shape index (κ2) is 8.47. The first-order valence-electron chi connectivity index (χ1n) is 7.74. The van der Waals surface area contributed by atoms with Crippen molar-refractivity contribution in [3.63, 3.8) is 0 Å². The van der Waals surface area contributed by atoms with Crippen molar-refractivity contribution >= 4 is 11.9 Å². The summed E-state index contributed by atoms with van der Waals surface area (Å²) < 4.78 is 5.59. The third-order valence-corrected chi connectivity index (χ3v) is 3.24. The molecule has 0 aliphatic carbocycles. The summed E-state index contributed by atoms with van der Waals surface area (Å²) in [5, 5.41) is 6.77. The number of hydrogen-bond donors (Lipinski definition) is 2. The molecule has 0 spiro atoms. The van der Waals surface area contributed by atoms with E-state index in [0.717, 1.165) is 49.5 Å². The lowest BCUT2D eigenvalue weighted by Gasteiger charge is -2.09. The van der Waals surface area contributed by atoms with Crippen LogP contribution in [-0.2, 0) is 0 Å². The van der Waals surface area contributed by atoms with Crippen molar-refractivity contribution in [3.05, 3.63) is 36.0 Å². The molecule has 114 valence electrons. The van der Waals surface area contributed by atoms with Crippen molar-refractivity contribution in [2.45, 2.75) is 39.3 Å². The van der Waals surface area contributed by atoms with E-state index < -0.39 is 0 Å². The summed E-state index contributed by atoms with van der Waals surface area (Å²) in [4.78, 5) is 4.49. The van der Waals surface area contributed by atoms with Gasteiger partial charge in [-0.15, -0.1) is 0 Å². The number of aliphatic imine (C=N–C) groups is 1. The number of nitrogens with one attached hydrogen (secondary N) is 2. The molecule has 4 heteroatoms. The monoisotopic (exact) mass is 287 g/mol. The van der Waals surface area contributed by atoms with Crippen LogP contribution in [0.5, 0.6) is 5.75 Å². The molecule has 0 saturated heterocycles. The molecule has 0 aromatic heterocycles. The van der Waals surface area contributed by atoms with Crippen LogP contribution in [0.3, 0.4) is 0 Å². The Morgan fingerprint density at radius 1 is 1.33 bits per heavy atom. The van der Waals surface area contributed by atoms with E-state index in [1.165, 1.54) is 0 Å². The number of hydrogen-bond acceptors (Lipinski definition) is 4. The van der Waals surface area contributed by atoms with Crippen LogP contribution in [0.1, 0.15) is 33.1 Å². The Morgan fingerprint density at radius 3 is 2.90 bits per heavy atom. The van der Waals surface area contributed by atoms with E-state index >= 15 is 0 Å². The van der Waals surface area contributed by atoms with E-state index in [1.807, 2.05) is 30.5 Å². The Hall–Kier alpha value is -1.81. The van der Waals surface area contributed by atoms with E-state index in [4.69, 9.17) is 4.74 Å². The van der Waals surface area contributed by atoms with Crippen LogP contribution in [-0.4, -0.2) is 25.5 Å². The number of benzene rings is 1. The predicted octanol–water partition coefficient (Wildman–Crippen LogP) is 3.57. The van der Waals surface area contributed by atoms with Gasteiger partial charge in [-0.3, -0.25) is 10.3 Å². The molecule has 0 unspecified atom stereocenters. The standard InChI is InChI=1S/C17H25N3O/c1-3-12-21-17-9-7-15(8-10-17)20-16-6-4-5-11-18-14(2)19-13-16/h6-10,13-14,18,20H,3-5,11-12H2,1-2H3/t14-/m0/s1. The molecule has 1 aromatic carbocycles. The van der Waals surface area contributed by atoms with E-state index in [2.05, 4.69) is 35.5 Å². The summed E-state index contributed by atoms with van der Waals surface area (Å²) in [6, 6.07) is 8.06. The second-order valence-corrected chi connectivity index (χ2v) is 5.21. The van der Waals surface area contributed by atoms with Crippen molar-refractivity contribution in [3.8, 4) is 5.75 Å². The molecule has 1 aliphatic heterocycles. The average molecular weight is 287 g/mol. The molecule has 1 heterocycles. The molecular formula is C17H25N3O. The Bertz CT molecular complexity index is 479. The van der Waals surface area contributed by atoms with Gasteiger partial charge in [0.1, 0.15) is 5.75 Å². The Balaban J connectivity index is 1.98. The lowest BCUT2D eigenvalue weighted by atomic mass is 10.2. The molecule has 1 atom stereocenters. The predicted molar refractivity (Wildman–Crippen MR) is 89.1 cm³/mol. The first-order valence-corrected chi connectivity index (χ1v) is 7.74. The molecular weight excluding hydrogens is 262 g/mol. The smallest absolute Gasteiger partial charge is 0.119 e. The zero-order chi connectivity index (χ0) is 14.9. The fourth-order valence-corrected chi connectivity index (χ4v) is 2.07. The zero-order valence-electron chi connectivity index (χ0n) is 12.9. The van der Waals surface area contributed by atoms with Gasteiger partial charge in [-0.1, -0.05) is 13.0 Å². The minimum atomic E-state index is 0.165. The highest BCUT2D eigenvalue weighted by Gasteiger charge is 2.02. The number of anilines is 1. The topological polar surface area (TPSA) is 45.6 Å². The Labute approximate surface area is 127 Å². The van der Waals surface area contributed by atoms with Crippen molar-refractivity contribution < 1.29 is 4.74 Å². The molecule has 0 saturated carbocycles. The lowest BCUT2D eigenvalue weighted by Crippen LogP contribution is -2.24. The van der Waals surface area contributed by atoms with Crippen LogP contribution < -0.4 is 15.4 Å². The van der Waals surface area contributed by atoms with Crippen molar-refractivity contribution in [1.29, 1.82) is 0 Å². The normalized spacial score (nSPS) is 19.1. The fraction of sp³-hybridized carbons (Fsp3) is 0.471. The number of nitrogens with zero attached hydrogens (tertiary/aromatic N) is 1. The van der Waals surface area contributed by atoms with Crippen molar-refractivity contribution in [1.82, 2.24) is 5.32 Å². The van der Waals surface area contributed by atoms with Gasteiger partial charge in [0.2, 0.25) is 0 Å². The van der Waals surface area contributed by atoms with Crippen LogP contribution in [0.15, 0.2) is 41.0 Å². The molecule has 0 bridgehead atoms. The molecule has 1 aromatic rings. The highest BCUT2D eigenvalue weighted by atomic mass is 16.5. The molecule has 4 nitrogen and oxygen atoms in total. The molecule has 21 heavy (non-hydrogen) atoms. The van der Waals surface area contributed by atoms with Crippen LogP contribution in [0.4, 0.5) is 5.69 Å². The third-order valence-electron chi connectivity index (χ3n) is 3.24. The molecule has 2 N–H and O–H groups in total. The summed E-state index contributed by atoms with van der Waals surface area (Å²) >= 11 is 0. The van der Waals surface area contributed by atoms with E-state index in [-0.39, 0.29) is 6.17 Å². The largest absolute Gasteiger partial charge is 0.494 e. The van der Waals surface area contributed by atoms with Crippen LogP contribution in [0, 0.1) is 0 Å². The van der Waals surface area contributed by atoms with E-state index in [9.17, 15) is 0 Å². The maximum atomic E-state index is 5.59. The van der Waals surface area contributed by atoms with Gasteiger partial charge in [-0.25, -0.2) is 0 Å². The molecule has 0 radical (unpaired) electrons. The lowest BCUT2D eigenvalue weighted by molar-refractivity contribution is 0.317. The van der Waals surface area contributed by atoms with Gasteiger partial charge in [0.15, 0.2) is 0 Å². The first-order chi connectivity index (χ1) is 10.3. The first kappa shape index (κ1) is 15.6. The van der Waals surface area contributed by atoms with Gasteiger partial charge < -0.3 is 10.1 Å². The van der Waals surface area contributed by atoms with E-state index in [1.54, 1.807) is 0 Å². The fourth-order valence-electron chi connectivity index (χ4n) is 2.07. The zero-order valence-corrected chi connectivity index (χ0v) is 12.9. The summed E-state index contributed by atoms with van der Waals surface area (Å²) in [6.07, 6.45) is 7.47. The van der Waals surface area contributed by atoms with Crippen molar-refractivity contribution in [2.24, 2.45) is 4.99 Å². The molecule has 0 amide bonds. The maximum Gasteiger partial charge on any atom is 0.119 e. The van der Waals surface area contributed by atoms with Gasteiger partial charge in [0, 0.05) is 11.9 Å². The van der Waals surface area contributed by atoms with Gasteiger partial charge in [0.25, 0.3) is 0 Å². The van der Waals surface area contributed by atoms with Gasteiger partial charge in [0.05, 0.1) is 18.5 Å². The molecule has 2 rings (SSSR count). The van der Waals surface area contributed by atoms with Crippen LogP contribution in [0.25, 0.3) is 0 Å². The summed E-state index contributed by atoms with van der Waals surface area (Å²) in [5.74, 6) is 0.914. The number of allylic oxidation sites excluding steroid dienone is 2. The summed E-state index contributed by atoms with van der Waals surface area (Å²) in [6.45, 7) is 5.94. The highest BCUT2D eigenvalue weighted by Crippen LogP contribution is 2.17.